The first-order chi connectivity index (χ1) is 8.22. The number of guanidine groups is 1. The van der Waals surface area contributed by atoms with Crippen molar-refractivity contribution in [3.8, 4) is 0 Å². The van der Waals surface area contributed by atoms with Gasteiger partial charge in [0, 0.05) is 13.1 Å². The van der Waals surface area contributed by atoms with Crippen LogP contribution < -0.4 is 11.1 Å². The second-order valence-corrected chi connectivity index (χ2v) is 8.74. The third-order valence-corrected chi connectivity index (χ3v) is 5.96. The first-order valence-electron chi connectivity index (χ1n) is 6.48. The van der Waals surface area contributed by atoms with Gasteiger partial charge >= 0.3 is 0 Å². The van der Waals surface area contributed by atoms with Gasteiger partial charge in [0.25, 0.3) is 0 Å². The van der Waals surface area contributed by atoms with Gasteiger partial charge in [0.15, 0.2) is 15.8 Å². The molecule has 0 heterocycles. The number of aliphatic imine (C=N–C) groups is 1. The monoisotopic (exact) mass is 275 g/mol. The molecule has 106 valence electrons. The molecular weight excluding hydrogens is 250 g/mol. The lowest BCUT2D eigenvalue weighted by Gasteiger charge is -2.23. The number of rotatable bonds is 5. The molecule has 5 nitrogen and oxygen atoms in total. The Morgan fingerprint density at radius 2 is 2.00 bits per heavy atom. The molecule has 3 N–H and O–H groups in total. The lowest BCUT2D eigenvalue weighted by molar-refractivity contribution is 0.326. The number of nitrogens with one attached hydrogen (secondary N) is 1. The summed E-state index contributed by atoms with van der Waals surface area (Å²) in [5.41, 5.74) is 5.68. The highest BCUT2D eigenvalue weighted by atomic mass is 32.2. The molecule has 0 atom stereocenters. The summed E-state index contributed by atoms with van der Waals surface area (Å²) < 4.78 is 23.0. The molecule has 0 unspecified atom stereocenters. The zero-order chi connectivity index (χ0) is 13.8. The minimum Gasteiger partial charge on any atom is -0.370 e. The fourth-order valence-corrected chi connectivity index (χ4v) is 2.56. The van der Waals surface area contributed by atoms with Crippen molar-refractivity contribution in [1.82, 2.24) is 5.32 Å². The van der Waals surface area contributed by atoms with Gasteiger partial charge in [0.05, 0.1) is 10.5 Å². The molecule has 6 heteroatoms. The van der Waals surface area contributed by atoms with Crippen LogP contribution >= 0.6 is 0 Å². The minimum atomic E-state index is -3.09. The Morgan fingerprint density at radius 3 is 2.44 bits per heavy atom. The molecule has 1 rings (SSSR count). The molecule has 0 spiro atoms. The number of nitrogens with zero attached hydrogens (tertiary/aromatic N) is 1. The van der Waals surface area contributed by atoms with E-state index < -0.39 is 14.6 Å². The quantitative estimate of drug-likeness (QED) is 0.577. The van der Waals surface area contributed by atoms with Crippen LogP contribution in [0.5, 0.6) is 0 Å². The number of nitrogens with two attached hydrogens (primary N) is 1. The molecule has 0 bridgehead atoms. The summed E-state index contributed by atoms with van der Waals surface area (Å²) >= 11 is 0. The van der Waals surface area contributed by atoms with Crippen LogP contribution in [0, 0.1) is 5.92 Å². The highest BCUT2D eigenvalue weighted by Gasteiger charge is 2.28. The van der Waals surface area contributed by atoms with E-state index >= 15 is 0 Å². The van der Waals surface area contributed by atoms with E-state index in [0.29, 0.717) is 18.4 Å². The van der Waals surface area contributed by atoms with E-state index in [9.17, 15) is 8.42 Å². The Balaban J connectivity index is 2.28. The van der Waals surface area contributed by atoms with Crippen molar-refractivity contribution < 1.29 is 8.42 Å². The lowest BCUT2D eigenvalue weighted by Crippen LogP contribution is -2.39. The fourth-order valence-electron chi connectivity index (χ4n) is 1.58. The van der Waals surface area contributed by atoms with E-state index in [4.69, 9.17) is 5.73 Å². The zero-order valence-electron chi connectivity index (χ0n) is 11.6. The zero-order valence-corrected chi connectivity index (χ0v) is 12.4. The Bertz CT molecular complexity index is 392. The average molecular weight is 275 g/mol. The first-order valence-corrected chi connectivity index (χ1v) is 8.14. The summed E-state index contributed by atoms with van der Waals surface area (Å²) in [7, 11) is -3.09. The van der Waals surface area contributed by atoms with E-state index in [1.165, 1.54) is 19.3 Å². The predicted molar refractivity (Wildman–Crippen MR) is 75.4 cm³/mol. The third kappa shape index (κ3) is 4.48. The van der Waals surface area contributed by atoms with Gasteiger partial charge in [-0.1, -0.05) is 6.42 Å². The van der Waals surface area contributed by atoms with Crippen LogP contribution in [0.2, 0.25) is 0 Å². The molecular formula is C12H25N3O2S. The maximum Gasteiger partial charge on any atom is 0.188 e. The maximum absolute atomic E-state index is 11.8. The van der Waals surface area contributed by atoms with Crippen LogP contribution in [0.1, 0.15) is 40.0 Å². The van der Waals surface area contributed by atoms with E-state index in [2.05, 4.69) is 10.3 Å². The summed E-state index contributed by atoms with van der Waals surface area (Å²) in [6.45, 7) is 6.19. The average Bonchev–Trinajstić information content (AvgIpc) is 2.13. The first kappa shape index (κ1) is 15.3. The van der Waals surface area contributed by atoms with Crippen molar-refractivity contribution >= 4 is 15.8 Å². The smallest absolute Gasteiger partial charge is 0.188 e. The predicted octanol–water partition coefficient (Wildman–Crippen LogP) is 0.904. The highest BCUT2D eigenvalue weighted by molar-refractivity contribution is 7.92. The molecule has 0 aliphatic heterocycles. The normalized spacial score (nSPS) is 18.5. The van der Waals surface area contributed by atoms with Gasteiger partial charge in [-0.05, 0) is 39.5 Å². The largest absolute Gasteiger partial charge is 0.370 e. The second-order valence-electron chi connectivity index (χ2n) is 5.88. The molecule has 0 aromatic rings. The van der Waals surface area contributed by atoms with Gasteiger partial charge in [-0.25, -0.2) is 8.42 Å². The van der Waals surface area contributed by atoms with Crippen molar-refractivity contribution in [2.75, 3.05) is 18.8 Å². The standard InChI is InChI=1S/C12H25N3O2S/c1-12(2,3)18(16,17)8-7-14-11(13)15-9-10-5-4-6-10/h10H,4-9H2,1-3H3,(H3,13,14,15). The van der Waals surface area contributed by atoms with Gasteiger partial charge in [0.1, 0.15) is 0 Å². The lowest BCUT2D eigenvalue weighted by atomic mass is 9.86. The highest BCUT2D eigenvalue weighted by Crippen LogP contribution is 2.26. The number of hydrogen-bond acceptors (Lipinski definition) is 3. The van der Waals surface area contributed by atoms with E-state index in [-0.39, 0.29) is 5.75 Å². The van der Waals surface area contributed by atoms with E-state index in [1.807, 2.05) is 0 Å². The molecule has 0 aromatic heterocycles. The topological polar surface area (TPSA) is 84.5 Å². The van der Waals surface area contributed by atoms with Gasteiger partial charge in [-0.2, -0.15) is 0 Å². The molecule has 18 heavy (non-hydrogen) atoms. The molecule has 1 aliphatic carbocycles. The second kappa shape index (κ2) is 5.91. The summed E-state index contributed by atoms with van der Waals surface area (Å²) in [5, 5.41) is 2.86. The van der Waals surface area contributed by atoms with Gasteiger partial charge < -0.3 is 11.1 Å². The molecule has 1 saturated carbocycles. The molecule has 0 radical (unpaired) electrons. The van der Waals surface area contributed by atoms with Crippen LogP contribution in [-0.4, -0.2) is 38.0 Å². The Labute approximate surface area is 110 Å². The third-order valence-electron chi connectivity index (χ3n) is 3.35. The number of sulfone groups is 1. The van der Waals surface area contributed by atoms with E-state index in [0.717, 1.165) is 6.54 Å². The Morgan fingerprint density at radius 1 is 1.39 bits per heavy atom. The molecule has 0 saturated heterocycles. The van der Waals surface area contributed by atoms with Crippen molar-refractivity contribution in [3.05, 3.63) is 0 Å². The van der Waals surface area contributed by atoms with Gasteiger partial charge in [0.2, 0.25) is 0 Å². The van der Waals surface area contributed by atoms with Crippen molar-refractivity contribution in [3.63, 3.8) is 0 Å². The summed E-state index contributed by atoms with van der Waals surface area (Å²) in [4.78, 5) is 4.22. The molecule has 1 aliphatic rings. The molecule has 0 amide bonds. The van der Waals surface area contributed by atoms with Gasteiger partial charge in [-0.3, -0.25) is 4.99 Å². The van der Waals surface area contributed by atoms with Crippen LogP contribution in [0.25, 0.3) is 0 Å². The van der Waals surface area contributed by atoms with Crippen LogP contribution in [-0.2, 0) is 9.84 Å². The summed E-state index contributed by atoms with van der Waals surface area (Å²) in [6.07, 6.45) is 3.75. The van der Waals surface area contributed by atoms with Crippen molar-refractivity contribution in [2.24, 2.45) is 16.6 Å². The summed E-state index contributed by atoms with van der Waals surface area (Å²) in [6, 6.07) is 0. The SMILES string of the molecule is CC(C)(C)S(=O)(=O)CCNC(N)=NCC1CCC1. The fraction of sp³-hybridized carbons (Fsp3) is 0.917. The molecule has 0 aromatic carbocycles. The number of hydrogen-bond donors (Lipinski definition) is 2. The molecule has 1 fully saturated rings. The van der Waals surface area contributed by atoms with Crippen LogP contribution in [0.3, 0.4) is 0 Å². The maximum atomic E-state index is 11.8. The van der Waals surface area contributed by atoms with Crippen LogP contribution in [0.15, 0.2) is 4.99 Å². The van der Waals surface area contributed by atoms with Gasteiger partial charge in [-0.15, -0.1) is 0 Å². The van der Waals surface area contributed by atoms with Crippen molar-refractivity contribution in [2.45, 2.75) is 44.8 Å². The van der Waals surface area contributed by atoms with Crippen LogP contribution in [0.4, 0.5) is 0 Å². The minimum absolute atomic E-state index is 0.0795. The Kier molecular flexibility index (Phi) is 5.01. The Hall–Kier alpha value is -0.780. The van der Waals surface area contributed by atoms with E-state index in [1.54, 1.807) is 20.8 Å². The summed E-state index contributed by atoms with van der Waals surface area (Å²) in [5.74, 6) is 1.10. The van der Waals surface area contributed by atoms with Crippen molar-refractivity contribution in [1.29, 1.82) is 0 Å².